The second-order valence-electron chi connectivity index (χ2n) is 23.0. The Balaban J connectivity index is 0.926. The Hall–Kier alpha value is -6.64. The molecule has 0 unspecified atom stereocenters. The van der Waals surface area contributed by atoms with Crippen LogP contribution >= 0.6 is 0 Å². The zero-order valence-electron chi connectivity index (χ0n) is 47.5. The number of fused-ring (bicyclic) bond motifs is 6. The summed E-state index contributed by atoms with van der Waals surface area (Å²) in [4.78, 5) is 2.41. The molecule has 396 valence electrons. The van der Waals surface area contributed by atoms with Crippen LogP contribution in [-0.4, -0.2) is 4.57 Å². The topological polar surface area (TPSA) is 8.17 Å². The van der Waals surface area contributed by atoms with Crippen molar-refractivity contribution in [2.45, 2.75) is 175 Å². The van der Waals surface area contributed by atoms with Gasteiger partial charge in [0.15, 0.2) is 0 Å². The van der Waals surface area contributed by atoms with Gasteiger partial charge in [-0.2, -0.15) is 0 Å². The highest BCUT2D eigenvalue weighted by molar-refractivity contribution is 6.10. The molecule has 0 bridgehead atoms. The number of unbranched alkanes of at least 4 members (excludes halogenated alkanes) is 15. The molecule has 1 aromatic heterocycles. The van der Waals surface area contributed by atoms with Crippen LogP contribution < -0.4 is 4.90 Å². The average molecular weight is 1020 g/mol. The summed E-state index contributed by atoms with van der Waals surface area (Å²) in [6.07, 6.45) is 27.5. The zero-order valence-corrected chi connectivity index (χ0v) is 47.5. The lowest BCUT2D eigenvalue weighted by atomic mass is 9.70. The fourth-order valence-electron chi connectivity index (χ4n) is 13.0. The average Bonchev–Trinajstić information content (AvgIpc) is 4.07. The van der Waals surface area contributed by atoms with Crippen molar-refractivity contribution in [1.82, 2.24) is 4.57 Å². The summed E-state index contributed by atoms with van der Waals surface area (Å²) >= 11 is 0. The third-order valence-corrected chi connectivity index (χ3v) is 17.3. The Bertz CT molecular complexity index is 3300. The summed E-state index contributed by atoms with van der Waals surface area (Å²) in [5.74, 6) is 0. The number of aromatic nitrogens is 1. The van der Waals surface area contributed by atoms with Crippen LogP contribution in [0.1, 0.15) is 177 Å². The minimum Gasteiger partial charge on any atom is -0.311 e. The summed E-state index contributed by atoms with van der Waals surface area (Å²) in [6.45, 7) is 11.4. The molecule has 0 radical (unpaired) electrons. The first-order valence-electron chi connectivity index (χ1n) is 30.4. The molecule has 0 saturated heterocycles. The van der Waals surface area contributed by atoms with E-state index in [2.05, 4.69) is 220 Å². The molecule has 0 N–H and O–H groups in total. The number of benzene rings is 8. The maximum Gasteiger partial charge on any atom is 0.0541 e. The van der Waals surface area contributed by atoms with Gasteiger partial charge in [0.05, 0.1) is 11.0 Å². The number of nitrogens with zero attached hydrogens (tertiary/aromatic N) is 2. The van der Waals surface area contributed by atoms with Crippen LogP contribution in [0.2, 0.25) is 0 Å². The second kappa shape index (κ2) is 25.7. The minimum absolute atomic E-state index is 0.0561. The van der Waals surface area contributed by atoms with Crippen LogP contribution in [-0.2, 0) is 11.8 Å². The smallest absolute Gasteiger partial charge is 0.0541 e. The SMILES string of the molecule is CCCCCCCCc1ccc(-n2c3ccccc3c3cc(-c4ccc(N(c5ccc(C)cc5)c5ccc(-c6ccc7c(c6)C(CCCCCCCC)(CCCCCCCC)c6cc(C)ccc6-7)cc5)cc4)ccc32)cc1. The summed E-state index contributed by atoms with van der Waals surface area (Å²) in [5, 5.41) is 2.57. The van der Waals surface area contributed by atoms with E-state index in [1.807, 2.05) is 0 Å². The highest BCUT2D eigenvalue weighted by Crippen LogP contribution is 2.55. The van der Waals surface area contributed by atoms with Crippen molar-refractivity contribution in [3.63, 3.8) is 0 Å². The zero-order chi connectivity index (χ0) is 53.0. The Labute approximate surface area is 463 Å². The van der Waals surface area contributed by atoms with E-state index in [9.17, 15) is 0 Å². The van der Waals surface area contributed by atoms with Crippen LogP contribution in [0.15, 0.2) is 176 Å². The fourth-order valence-corrected chi connectivity index (χ4v) is 13.0. The van der Waals surface area contributed by atoms with Crippen molar-refractivity contribution in [3.8, 4) is 39.1 Å². The van der Waals surface area contributed by atoms with Crippen LogP contribution in [0.4, 0.5) is 17.1 Å². The second-order valence-corrected chi connectivity index (χ2v) is 23.0. The summed E-state index contributed by atoms with van der Waals surface area (Å²) < 4.78 is 2.45. The molecule has 2 heteroatoms. The van der Waals surface area contributed by atoms with E-state index in [0.717, 1.165) is 23.5 Å². The van der Waals surface area contributed by atoms with Gasteiger partial charge in [-0.3, -0.25) is 0 Å². The first-order valence-corrected chi connectivity index (χ1v) is 30.4. The van der Waals surface area contributed by atoms with E-state index in [4.69, 9.17) is 0 Å². The molecule has 0 fully saturated rings. The van der Waals surface area contributed by atoms with Gasteiger partial charge in [0.2, 0.25) is 0 Å². The van der Waals surface area contributed by atoms with Gasteiger partial charge in [-0.25, -0.2) is 0 Å². The van der Waals surface area contributed by atoms with Crippen LogP contribution in [0.3, 0.4) is 0 Å². The monoisotopic (exact) mass is 1010 g/mol. The molecule has 0 saturated carbocycles. The number of hydrogen-bond acceptors (Lipinski definition) is 1. The van der Waals surface area contributed by atoms with Gasteiger partial charge in [0, 0.05) is 38.9 Å². The highest BCUT2D eigenvalue weighted by atomic mass is 15.1. The van der Waals surface area contributed by atoms with Crippen molar-refractivity contribution in [3.05, 3.63) is 204 Å². The van der Waals surface area contributed by atoms with Crippen molar-refractivity contribution in [2.75, 3.05) is 4.90 Å². The van der Waals surface area contributed by atoms with E-state index >= 15 is 0 Å². The molecule has 9 aromatic rings. The highest BCUT2D eigenvalue weighted by Gasteiger charge is 2.42. The first kappa shape index (κ1) is 53.7. The van der Waals surface area contributed by atoms with E-state index in [-0.39, 0.29) is 5.41 Å². The van der Waals surface area contributed by atoms with Crippen molar-refractivity contribution in [2.24, 2.45) is 0 Å². The van der Waals surface area contributed by atoms with Crippen molar-refractivity contribution >= 4 is 38.9 Å². The van der Waals surface area contributed by atoms with Gasteiger partial charge < -0.3 is 9.47 Å². The van der Waals surface area contributed by atoms with Gasteiger partial charge in [0.1, 0.15) is 0 Å². The number of hydrogen-bond donors (Lipinski definition) is 0. The fraction of sp³-hybridized carbons (Fsp3) is 0.360. The molecular weight excluding hydrogens is 929 g/mol. The molecule has 1 heterocycles. The summed E-state index contributed by atoms with van der Waals surface area (Å²) in [7, 11) is 0. The van der Waals surface area contributed by atoms with Crippen LogP contribution in [0.25, 0.3) is 60.9 Å². The quantitative estimate of drug-likeness (QED) is 0.0466. The van der Waals surface area contributed by atoms with Crippen molar-refractivity contribution in [1.29, 1.82) is 0 Å². The van der Waals surface area contributed by atoms with Crippen LogP contribution in [0, 0.1) is 13.8 Å². The number of rotatable bonds is 27. The molecule has 77 heavy (non-hydrogen) atoms. The van der Waals surface area contributed by atoms with Gasteiger partial charge in [-0.1, -0.05) is 244 Å². The maximum atomic E-state index is 2.61. The van der Waals surface area contributed by atoms with E-state index in [1.54, 1.807) is 11.1 Å². The predicted octanol–water partition coefficient (Wildman–Crippen LogP) is 22.9. The molecule has 2 nitrogen and oxygen atoms in total. The number of para-hydroxylation sites is 1. The third-order valence-electron chi connectivity index (χ3n) is 17.3. The van der Waals surface area contributed by atoms with Crippen molar-refractivity contribution < 1.29 is 0 Å². The first-order chi connectivity index (χ1) is 37.9. The lowest BCUT2D eigenvalue weighted by Gasteiger charge is -2.33. The molecule has 0 atom stereocenters. The van der Waals surface area contributed by atoms with Gasteiger partial charge in [0.25, 0.3) is 0 Å². The molecule has 0 amide bonds. The summed E-state index contributed by atoms with van der Waals surface area (Å²) in [6, 6.07) is 67.6. The molecule has 0 aliphatic heterocycles. The number of anilines is 3. The largest absolute Gasteiger partial charge is 0.311 e. The van der Waals surface area contributed by atoms with E-state index in [0.29, 0.717) is 0 Å². The normalized spacial score (nSPS) is 12.6. The minimum atomic E-state index is 0.0561. The maximum absolute atomic E-state index is 2.61. The number of aryl methyl sites for hydroxylation is 3. The Morgan fingerprint density at radius 2 is 0.818 bits per heavy atom. The Morgan fingerprint density at radius 1 is 0.364 bits per heavy atom. The molecule has 1 aliphatic carbocycles. The Morgan fingerprint density at radius 3 is 1.42 bits per heavy atom. The van der Waals surface area contributed by atoms with Gasteiger partial charge in [-0.05, 0) is 162 Å². The van der Waals surface area contributed by atoms with E-state index in [1.165, 1.54) is 206 Å². The molecule has 1 aliphatic rings. The third kappa shape index (κ3) is 12.1. The molecule has 10 rings (SSSR count). The lowest BCUT2D eigenvalue weighted by Crippen LogP contribution is -2.25. The standard InChI is InChI=1S/C75H86N2/c1-6-9-12-15-18-21-26-58-32-42-66(43-33-58)77-73-28-23-22-27-69(73)70-54-61(39-50-74(70)77)59-34-44-64(45-35-59)76(63-40-29-56(4)30-41-63)65-46-36-60(37-47-65)62-38-49-68-67-48-31-57(5)53-71(67)75(72(68)55-62,51-24-19-16-13-10-7-2)52-25-20-17-14-11-8-3/h22-23,27-50,53-55H,6-21,24-26,51-52H2,1-5H3. The Kier molecular flexibility index (Phi) is 17.9. The lowest BCUT2D eigenvalue weighted by molar-refractivity contribution is 0.398. The summed E-state index contributed by atoms with van der Waals surface area (Å²) in [5.41, 5.74) is 22.4. The van der Waals surface area contributed by atoms with Gasteiger partial charge in [-0.15, -0.1) is 0 Å². The molecular formula is C75H86N2. The molecule has 0 spiro atoms. The van der Waals surface area contributed by atoms with E-state index < -0.39 is 0 Å². The van der Waals surface area contributed by atoms with Gasteiger partial charge >= 0.3 is 0 Å². The molecule has 8 aromatic carbocycles. The predicted molar refractivity (Wildman–Crippen MR) is 335 cm³/mol. The van der Waals surface area contributed by atoms with Crippen LogP contribution in [0.5, 0.6) is 0 Å².